The number of anilines is 1. The third kappa shape index (κ3) is 2.09. The number of nitrogens with zero attached hydrogens (tertiary/aromatic N) is 6. The highest BCUT2D eigenvalue weighted by atomic mass is 16.5. The Morgan fingerprint density at radius 3 is 2.89 bits per heavy atom. The molecule has 0 unspecified atom stereocenters. The molecule has 0 atom stereocenters. The fourth-order valence-electron chi connectivity index (χ4n) is 2.39. The lowest BCUT2D eigenvalue weighted by Gasteiger charge is -2.31. The molecule has 0 aromatic carbocycles. The molecule has 8 nitrogen and oxygen atoms in total. The van der Waals surface area contributed by atoms with Gasteiger partial charge in [0.05, 0.1) is 25.4 Å². The van der Waals surface area contributed by atoms with Crippen molar-refractivity contribution in [3.05, 3.63) is 12.4 Å². The Hall–Kier alpha value is -2.25. The van der Waals surface area contributed by atoms with Gasteiger partial charge in [0, 0.05) is 13.1 Å². The highest BCUT2D eigenvalue weighted by Gasteiger charge is 2.26. The van der Waals surface area contributed by atoms with Gasteiger partial charge in [-0.1, -0.05) is 0 Å². The van der Waals surface area contributed by atoms with Crippen molar-refractivity contribution in [1.29, 1.82) is 0 Å². The number of rotatable bonds is 2. The van der Waals surface area contributed by atoms with Gasteiger partial charge in [0.2, 0.25) is 0 Å². The predicted octanol–water partition coefficient (Wildman–Crippen LogP) is -0.0913. The second kappa shape index (κ2) is 4.79. The van der Waals surface area contributed by atoms with E-state index in [0.717, 1.165) is 31.7 Å². The minimum absolute atomic E-state index is 0.0118. The third-order valence-corrected chi connectivity index (χ3v) is 3.44. The van der Waals surface area contributed by atoms with Gasteiger partial charge in [-0.3, -0.25) is 9.78 Å². The van der Waals surface area contributed by atoms with E-state index >= 15 is 0 Å². The minimum atomic E-state index is -0.126. The Morgan fingerprint density at radius 1 is 1.37 bits per heavy atom. The van der Waals surface area contributed by atoms with Crippen LogP contribution in [0, 0.1) is 5.92 Å². The first-order chi connectivity index (χ1) is 9.29. The van der Waals surface area contributed by atoms with Gasteiger partial charge in [0.25, 0.3) is 0 Å². The Balaban J connectivity index is 1.78. The molecular weight excluding hydrogens is 248 g/mol. The average molecular weight is 262 g/mol. The van der Waals surface area contributed by atoms with Gasteiger partial charge >= 0.3 is 5.97 Å². The Morgan fingerprint density at radius 2 is 2.16 bits per heavy atom. The van der Waals surface area contributed by atoms with E-state index in [9.17, 15) is 4.79 Å². The molecule has 0 N–H and O–H groups in total. The summed E-state index contributed by atoms with van der Waals surface area (Å²) in [5, 5.41) is 11.5. The smallest absolute Gasteiger partial charge is 0.308 e. The van der Waals surface area contributed by atoms with E-state index in [4.69, 9.17) is 4.74 Å². The summed E-state index contributed by atoms with van der Waals surface area (Å²) in [7, 11) is 1.43. The standard InChI is InChI=1S/C11H14N6O2/c1-19-11(18)8-2-4-16(5-3-8)10-7-12-6-9-13-14-15-17(9)10/h6-8H,2-5H2,1H3. The normalized spacial score (nSPS) is 16.8. The number of hydrogen-bond donors (Lipinski definition) is 0. The molecular formula is C11H14N6O2. The molecule has 19 heavy (non-hydrogen) atoms. The van der Waals surface area contributed by atoms with Gasteiger partial charge in [-0.15, -0.1) is 5.10 Å². The molecule has 1 aliphatic heterocycles. The fourth-order valence-corrected chi connectivity index (χ4v) is 2.39. The zero-order valence-corrected chi connectivity index (χ0v) is 10.6. The summed E-state index contributed by atoms with van der Waals surface area (Å²) in [4.78, 5) is 17.8. The van der Waals surface area contributed by atoms with Gasteiger partial charge in [-0.2, -0.15) is 4.52 Å². The van der Waals surface area contributed by atoms with Crippen LogP contribution in [0.4, 0.5) is 5.82 Å². The molecule has 0 spiro atoms. The Labute approximate surface area is 109 Å². The van der Waals surface area contributed by atoms with E-state index in [1.807, 2.05) is 0 Å². The second-order valence-electron chi connectivity index (χ2n) is 4.50. The van der Waals surface area contributed by atoms with Crippen molar-refractivity contribution in [3.63, 3.8) is 0 Å². The molecule has 3 rings (SSSR count). The lowest BCUT2D eigenvalue weighted by molar-refractivity contribution is -0.146. The molecule has 0 bridgehead atoms. The number of aromatic nitrogens is 5. The average Bonchev–Trinajstić information content (AvgIpc) is 2.95. The van der Waals surface area contributed by atoms with Crippen LogP contribution in [0.2, 0.25) is 0 Å². The molecule has 0 aliphatic carbocycles. The van der Waals surface area contributed by atoms with Crippen LogP contribution in [0.15, 0.2) is 12.4 Å². The highest BCUT2D eigenvalue weighted by Crippen LogP contribution is 2.23. The lowest BCUT2D eigenvalue weighted by Crippen LogP contribution is -2.37. The largest absolute Gasteiger partial charge is 0.469 e. The van der Waals surface area contributed by atoms with Gasteiger partial charge in [0.1, 0.15) is 0 Å². The van der Waals surface area contributed by atoms with E-state index in [-0.39, 0.29) is 11.9 Å². The number of ether oxygens (including phenoxy) is 1. The van der Waals surface area contributed by atoms with Crippen LogP contribution in [-0.4, -0.2) is 51.2 Å². The summed E-state index contributed by atoms with van der Waals surface area (Å²) in [6.07, 6.45) is 4.89. The molecule has 2 aromatic rings. The van der Waals surface area contributed by atoms with Gasteiger partial charge in [0.15, 0.2) is 11.5 Å². The number of carbonyl (C=O) groups is 1. The third-order valence-electron chi connectivity index (χ3n) is 3.44. The van der Waals surface area contributed by atoms with E-state index in [1.165, 1.54) is 7.11 Å². The molecule has 0 radical (unpaired) electrons. The highest BCUT2D eigenvalue weighted by molar-refractivity contribution is 5.72. The molecule has 3 heterocycles. The molecule has 1 saturated heterocycles. The summed E-state index contributed by atoms with van der Waals surface area (Å²) in [5.74, 6) is 0.714. The number of fused-ring (bicyclic) bond motifs is 1. The lowest BCUT2D eigenvalue weighted by atomic mass is 9.97. The van der Waals surface area contributed by atoms with E-state index < -0.39 is 0 Å². The van der Waals surface area contributed by atoms with Crippen LogP contribution in [0.1, 0.15) is 12.8 Å². The van der Waals surface area contributed by atoms with Crippen molar-refractivity contribution in [3.8, 4) is 0 Å². The van der Waals surface area contributed by atoms with E-state index in [0.29, 0.717) is 5.65 Å². The van der Waals surface area contributed by atoms with Crippen molar-refractivity contribution in [1.82, 2.24) is 25.0 Å². The molecule has 1 aliphatic rings. The van der Waals surface area contributed by atoms with Crippen LogP contribution in [-0.2, 0) is 9.53 Å². The SMILES string of the molecule is COC(=O)C1CCN(c2cncc3nnnn23)CC1. The van der Waals surface area contributed by atoms with Crippen LogP contribution >= 0.6 is 0 Å². The van der Waals surface area contributed by atoms with Gasteiger partial charge < -0.3 is 9.64 Å². The summed E-state index contributed by atoms with van der Waals surface area (Å²) >= 11 is 0. The maximum atomic E-state index is 11.5. The minimum Gasteiger partial charge on any atom is -0.469 e. The maximum Gasteiger partial charge on any atom is 0.308 e. The number of tetrazole rings is 1. The number of methoxy groups -OCH3 is 1. The molecule has 2 aromatic heterocycles. The fraction of sp³-hybridized carbons (Fsp3) is 0.545. The summed E-state index contributed by atoms with van der Waals surface area (Å²) in [6, 6.07) is 0. The van der Waals surface area contributed by atoms with Crippen LogP contribution in [0.25, 0.3) is 5.65 Å². The van der Waals surface area contributed by atoms with Crippen LogP contribution in [0.5, 0.6) is 0 Å². The monoisotopic (exact) mass is 262 g/mol. The molecule has 8 heteroatoms. The van der Waals surface area contributed by atoms with Crippen LogP contribution in [0.3, 0.4) is 0 Å². The van der Waals surface area contributed by atoms with Crippen molar-refractivity contribution in [2.45, 2.75) is 12.8 Å². The summed E-state index contributed by atoms with van der Waals surface area (Å²) in [6.45, 7) is 1.53. The van der Waals surface area contributed by atoms with Crippen molar-refractivity contribution in [2.75, 3.05) is 25.1 Å². The molecule has 0 saturated carbocycles. The number of carbonyl (C=O) groups excluding carboxylic acids is 1. The quantitative estimate of drug-likeness (QED) is 0.699. The van der Waals surface area contributed by atoms with Gasteiger partial charge in [-0.05, 0) is 23.3 Å². The molecule has 100 valence electrons. The number of esters is 1. The molecule has 0 amide bonds. The maximum absolute atomic E-state index is 11.5. The first kappa shape index (κ1) is 11.8. The summed E-state index contributed by atoms with van der Waals surface area (Å²) in [5.41, 5.74) is 0.618. The first-order valence-electron chi connectivity index (χ1n) is 6.14. The predicted molar refractivity (Wildman–Crippen MR) is 65.5 cm³/mol. The van der Waals surface area contributed by atoms with Crippen molar-refractivity contribution in [2.24, 2.45) is 5.92 Å². The number of piperidine rings is 1. The van der Waals surface area contributed by atoms with Gasteiger partial charge in [-0.25, -0.2) is 0 Å². The zero-order chi connectivity index (χ0) is 13.2. The second-order valence-corrected chi connectivity index (χ2v) is 4.50. The summed E-state index contributed by atoms with van der Waals surface area (Å²) < 4.78 is 6.44. The van der Waals surface area contributed by atoms with Crippen molar-refractivity contribution >= 4 is 17.4 Å². The topological polar surface area (TPSA) is 85.5 Å². The van der Waals surface area contributed by atoms with E-state index in [2.05, 4.69) is 25.4 Å². The van der Waals surface area contributed by atoms with E-state index in [1.54, 1.807) is 16.9 Å². The van der Waals surface area contributed by atoms with Crippen LogP contribution < -0.4 is 4.90 Å². The zero-order valence-electron chi connectivity index (χ0n) is 10.6. The van der Waals surface area contributed by atoms with Crippen molar-refractivity contribution < 1.29 is 9.53 Å². The molecule has 1 fully saturated rings. The number of hydrogen-bond acceptors (Lipinski definition) is 7. The Bertz CT molecular complexity index is 590. The Kier molecular flexibility index (Phi) is 2.98. The first-order valence-corrected chi connectivity index (χ1v) is 6.14.